The minimum atomic E-state index is -0.494. The Hall–Kier alpha value is -3.39. The van der Waals surface area contributed by atoms with Crippen molar-refractivity contribution in [2.75, 3.05) is 17.2 Å². The molecule has 2 fully saturated rings. The summed E-state index contributed by atoms with van der Waals surface area (Å²) in [5.74, 6) is -0.643. The Morgan fingerprint density at radius 3 is 2.53 bits per heavy atom. The van der Waals surface area contributed by atoms with Gasteiger partial charge in [-0.05, 0) is 68.5 Å². The van der Waals surface area contributed by atoms with Crippen LogP contribution in [0.4, 0.5) is 11.4 Å². The zero-order chi connectivity index (χ0) is 23.7. The fourth-order valence-electron chi connectivity index (χ4n) is 4.86. The fourth-order valence-corrected chi connectivity index (χ4v) is 4.98. The molecule has 3 aromatic rings. The van der Waals surface area contributed by atoms with E-state index in [1.807, 2.05) is 4.90 Å². The molecule has 2 aromatic heterocycles. The summed E-state index contributed by atoms with van der Waals surface area (Å²) >= 11 is 5.92. The summed E-state index contributed by atoms with van der Waals surface area (Å²) in [5, 5.41) is 6.25. The normalized spacial score (nSPS) is 20.5. The van der Waals surface area contributed by atoms with Crippen molar-refractivity contribution in [1.82, 2.24) is 9.88 Å². The number of nitrogens with zero attached hydrogens (tertiary/aromatic N) is 2. The number of hydrogen-bond donors (Lipinski definition) is 2. The molecule has 1 saturated carbocycles. The number of aromatic nitrogens is 1. The van der Waals surface area contributed by atoms with Gasteiger partial charge in [0, 0.05) is 41.8 Å². The number of rotatable bonds is 5. The Bertz CT molecular complexity index is 1230. The maximum atomic E-state index is 13.2. The molecule has 0 radical (unpaired) electrons. The minimum absolute atomic E-state index is 0.00616. The Balaban J connectivity index is 1.32. The van der Waals surface area contributed by atoms with E-state index in [9.17, 15) is 14.4 Å². The second kappa shape index (κ2) is 9.46. The van der Waals surface area contributed by atoms with Gasteiger partial charge in [0.15, 0.2) is 5.58 Å². The molecule has 34 heavy (non-hydrogen) atoms. The molecule has 0 spiro atoms. The molecule has 3 heterocycles. The average molecular weight is 481 g/mol. The molecule has 5 rings (SSSR count). The number of hydrogen-bond acceptors (Lipinski definition) is 5. The highest BCUT2D eigenvalue weighted by Crippen LogP contribution is 2.34. The van der Waals surface area contributed by atoms with Crippen LogP contribution in [0.2, 0.25) is 5.02 Å². The predicted octanol–water partition coefficient (Wildman–Crippen LogP) is 4.85. The molecule has 176 valence electrons. The highest BCUT2D eigenvalue weighted by Gasteiger charge is 2.34. The number of furan rings is 1. The molecule has 1 saturated heterocycles. The van der Waals surface area contributed by atoms with Gasteiger partial charge in [0.2, 0.25) is 17.6 Å². The van der Waals surface area contributed by atoms with Gasteiger partial charge < -0.3 is 20.0 Å². The average Bonchev–Trinajstić information content (AvgIpc) is 3.44. The smallest absolute Gasteiger partial charge is 0.293 e. The van der Waals surface area contributed by atoms with Crippen molar-refractivity contribution < 1.29 is 18.8 Å². The highest BCUT2D eigenvalue weighted by molar-refractivity contribution is 6.30. The number of amides is 3. The lowest BCUT2D eigenvalue weighted by Crippen LogP contribution is -2.40. The van der Waals surface area contributed by atoms with Crippen LogP contribution in [-0.4, -0.2) is 40.2 Å². The van der Waals surface area contributed by atoms with Crippen LogP contribution in [-0.2, 0) is 9.59 Å². The zero-order valence-corrected chi connectivity index (χ0v) is 19.3. The van der Waals surface area contributed by atoms with Crippen molar-refractivity contribution in [3.8, 4) is 0 Å². The minimum Gasteiger partial charge on any atom is -0.447 e. The Labute approximate surface area is 201 Å². The fraction of sp³-hybridized carbons (Fsp3) is 0.360. The van der Waals surface area contributed by atoms with Crippen molar-refractivity contribution in [1.29, 1.82) is 0 Å². The molecule has 0 bridgehead atoms. The van der Waals surface area contributed by atoms with Crippen LogP contribution in [0.15, 0.2) is 47.0 Å². The molecule has 1 aromatic carbocycles. The van der Waals surface area contributed by atoms with Crippen LogP contribution < -0.4 is 10.6 Å². The van der Waals surface area contributed by atoms with Crippen LogP contribution in [0.5, 0.6) is 0 Å². The first-order valence-corrected chi connectivity index (χ1v) is 11.9. The number of fused-ring (bicyclic) bond motifs is 1. The van der Waals surface area contributed by atoms with E-state index in [-0.39, 0.29) is 35.2 Å². The predicted molar refractivity (Wildman–Crippen MR) is 129 cm³/mol. The number of likely N-dealkylation sites (tertiary alicyclic amines) is 1. The Kier molecular flexibility index (Phi) is 6.24. The van der Waals surface area contributed by atoms with E-state index in [1.165, 1.54) is 0 Å². The summed E-state index contributed by atoms with van der Waals surface area (Å²) in [6.07, 6.45) is 6.12. The second-order valence-corrected chi connectivity index (χ2v) is 9.24. The zero-order valence-electron chi connectivity index (χ0n) is 18.6. The molecule has 1 aliphatic heterocycles. The van der Waals surface area contributed by atoms with E-state index < -0.39 is 5.91 Å². The first kappa shape index (κ1) is 22.4. The van der Waals surface area contributed by atoms with Gasteiger partial charge in [-0.1, -0.05) is 11.6 Å². The van der Waals surface area contributed by atoms with Gasteiger partial charge in [-0.25, -0.2) is 0 Å². The van der Waals surface area contributed by atoms with Crippen molar-refractivity contribution in [3.05, 3.63) is 53.4 Å². The monoisotopic (exact) mass is 480 g/mol. The molecule has 1 aliphatic carbocycles. The van der Waals surface area contributed by atoms with Gasteiger partial charge in [-0.3, -0.25) is 19.4 Å². The lowest BCUT2D eigenvalue weighted by atomic mass is 9.84. The van der Waals surface area contributed by atoms with Gasteiger partial charge in [-0.2, -0.15) is 0 Å². The van der Waals surface area contributed by atoms with Gasteiger partial charge in [-0.15, -0.1) is 0 Å². The SMILES string of the molecule is O=C(Nc1ccc(Cl)cc1)c1oc2cccnc2c1NC(=O)[C@H]1CC[C@H](N2CCCC2=O)CC1. The quantitative estimate of drug-likeness (QED) is 0.543. The number of carbonyl (C=O) groups is 3. The number of nitrogens with one attached hydrogen (secondary N) is 2. The van der Waals surface area contributed by atoms with Crippen LogP contribution in [0.3, 0.4) is 0 Å². The molecule has 3 amide bonds. The maximum absolute atomic E-state index is 13.2. The summed E-state index contributed by atoms with van der Waals surface area (Å²) in [6, 6.07) is 10.3. The van der Waals surface area contributed by atoms with Crippen LogP contribution in [0.1, 0.15) is 49.1 Å². The molecule has 0 unspecified atom stereocenters. The number of pyridine rings is 1. The number of halogens is 1. The molecular weight excluding hydrogens is 456 g/mol. The lowest BCUT2D eigenvalue weighted by Gasteiger charge is -2.34. The topological polar surface area (TPSA) is 105 Å². The lowest BCUT2D eigenvalue weighted by molar-refractivity contribution is -0.130. The standard InChI is InChI=1S/C25H25ClN4O4/c26-16-7-9-17(10-8-16)28-25(33)23-22(21-19(34-23)3-1-13-27-21)29-24(32)15-5-11-18(12-6-15)30-14-2-4-20(30)31/h1,3,7-10,13,15,18H,2,4-6,11-12,14H2,(H,28,33)(H,29,32)/t15-,18-. The van der Waals surface area contributed by atoms with E-state index in [4.69, 9.17) is 16.0 Å². The second-order valence-electron chi connectivity index (χ2n) is 8.80. The van der Waals surface area contributed by atoms with Gasteiger partial charge in [0.05, 0.1) is 0 Å². The third-order valence-electron chi connectivity index (χ3n) is 6.62. The van der Waals surface area contributed by atoms with Gasteiger partial charge in [0.25, 0.3) is 5.91 Å². The van der Waals surface area contributed by atoms with Crippen molar-refractivity contribution in [2.45, 2.75) is 44.6 Å². The van der Waals surface area contributed by atoms with Crippen LogP contribution in [0, 0.1) is 5.92 Å². The molecular formula is C25H25ClN4O4. The Morgan fingerprint density at radius 2 is 1.82 bits per heavy atom. The third-order valence-corrected chi connectivity index (χ3v) is 6.87. The molecule has 2 N–H and O–H groups in total. The summed E-state index contributed by atoms with van der Waals surface area (Å²) in [7, 11) is 0. The van der Waals surface area contributed by atoms with E-state index in [1.54, 1.807) is 42.6 Å². The van der Waals surface area contributed by atoms with E-state index in [0.29, 0.717) is 41.1 Å². The van der Waals surface area contributed by atoms with Crippen molar-refractivity contribution >= 4 is 51.8 Å². The van der Waals surface area contributed by atoms with Gasteiger partial charge >= 0.3 is 0 Å². The number of anilines is 2. The Morgan fingerprint density at radius 1 is 1.06 bits per heavy atom. The van der Waals surface area contributed by atoms with Crippen molar-refractivity contribution in [2.24, 2.45) is 5.92 Å². The van der Waals surface area contributed by atoms with E-state index in [0.717, 1.165) is 25.8 Å². The number of carbonyl (C=O) groups excluding carboxylic acids is 3. The molecule has 9 heteroatoms. The van der Waals surface area contributed by atoms with E-state index in [2.05, 4.69) is 15.6 Å². The summed E-state index contributed by atoms with van der Waals surface area (Å²) < 4.78 is 5.78. The maximum Gasteiger partial charge on any atom is 0.293 e. The molecule has 2 aliphatic rings. The molecule has 0 atom stereocenters. The first-order chi connectivity index (χ1) is 16.5. The van der Waals surface area contributed by atoms with Gasteiger partial charge in [0.1, 0.15) is 11.2 Å². The van der Waals surface area contributed by atoms with Crippen LogP contribution in [0.25, 0.3) is 11.1 Å². The largest absolute Gasteiger partial charge is 0.447 e. The van der Waals surface area contributed by atoms with Crippen molar-refractivity contribution in [3.63, 3.8) is 0 Å². The van der Waals surface area contributed by atoms with E-state index >= 15 is 0 Å². The van der Waals surface area contributed by atoms with Crippen LogP contribution >= 0.6 is 11.6 Å². The summed E-state index contributed by atoms with van der Waals surface area (Å²) in [6.45, 7) is 0.819. The summed E-state index contributed by atoms with van der Waals surface area (Å²) in [5.41, 5.74) is 1.66. The first-order valence-electron chi connectivity index (χ1n) is 11.5. The number of benzene rings is 1. The molecule has 8 nitrogen and oxygen atoms in total. The highest BCUT2D eigenvalue weighted by atomic mass is 35.5. The third kappa shape index (κ3) is 4.50. The summed E-state index contributed by atoms with van der Waals surface area (Å²) in [4.78, 5) is 44.5.